The van der Waals surface area contributed by atoms with Gasteiger partial charge in [0.05, 0.1) is 0 Å². The second-order valence-corrected chi connectivity index (χ2v) is 11.5. The molecule has 2 aliphatic rings. The van der Waals surface area contributed by atoms with Crippen molar-refractivity contribution in [2.75, 3.05) is 18.8 Å². The highest BCUT2D eigenvalue weighted by molar-refractivity contribution is 7.98. The van der Waals surface area contributed by atoms with E-state index in [9.17, 15) is 9.59 Å². The number of aryl methyl sites for hydroxylation is 1. The number of carbonyl (C=O) groups is 2. The first kappa shape index (κ1) is 24.6. The van der Waals surface area contributed by atoms with Gasteiger partial charge in [0.2, 0.25) is 5.91 Å². The number of amides is 2. The van der Waals surface area contributed by atoms with E-state index in [2.05, 4.69) is 41.7 Å². The number of carbonyl (C=O) groups excluding carboxylic acids is 2. The molecular weight excluding hydrogens is 444 g/mol. The number of hydrogen-bond donors (Lipinski definition) is 1. The molecule has 6 heteroatoms. The van der Waals surface area contributed by atoms with Crippen molar-refractivity contribution in [2.24, 2.45) is 0 Å². The second kappa shape index (κ2) is 10.4. The Bertz CT molecular complexity index is 994. The minimum atomic E-state index is -0.609. The van der Waals surface area contributed by atoms with Crippen molar-refractivity contribution in [3.8, 4) is 0 Å². The normalized spacial score (nSPS) is 17.8. The molecule has 0 saturated carbocycles. The van der Waals surface area contributed by atoms with E-state index in [1.54, 1.807) is 11.8 Å². The van der Waals surface area contributed by atoms with E-state index >= 15 is 0 Å². The van der Waals surface area contributed by atoms with E-state index in [1.165, 1.54) is 23.1 Å². The number of benzene rings is 2. The summed E-state index contributed by atoms with van der Waals surface area (Å²) >= 11 is 1.66. The Labute approximate surface area is 207 Å². The van der Waals surface area contributed by atoms with Gasteiger partial charge in [-0.25, -0.2) is 4.79 Å². The standard InChI is InChI=1S/C28H36N2O3S/c1-27(2,3)33-26(32)29-24(20-34-19-21-9-5-4-6-10-21)25(31)30-17-15-28(16-18-30)14-13-22-11-7-8-12-23(22)28/h4-12,24H,13-20H2,1-3H3,(H,29,32)/t24-/m1/s1. The Morgan fingerprint density at radius 1 is 1.03 bits per heavy atom. The summed E-state index contributed by atoms with van der Waals surface area (Å²) in [6, 6.07) is 18.3. The first-order valence-corrected chi connectivity index (χ1v) is 13.4. The molecule has 0 unspecified atom stereocenters. The summed E-state index contributed by atoms with van der Waals surface area (Å²) < 4.78 is 5.46. The van der Waals surface area contributed by atoms with Gasteiger partial charge in [-0.1, -0.05) is 54.6 Å². The van der Waals surface area contributed by atoms with Crippen molar-refractivity contribution in [2.45, 2.75) is 69.3 Å². The molecule has 0 radical (unpaired) electrons. The number of alkyl carbamates (subject to hydrolysis) is 1. The van der Waals surface area contributed by atoms with E-state index < -0.39 is 17.7 Å². The summed E-state index contributed by atoms with van der Waals surface area (Å²) in [5.74, 6) is 1.30. The van der Waals surface area contributed by atoms with Crippen LogP contribution in [0.15, 0.2) is 54.6 Å². The van der Waals surface area contributed by atoms with Gasteiger partial charge in [-0.3, -0.25) is 4.79 Å². The third kappa shape index (κ3) is 5.96. The van der Waals surface area contributed by atoms with Crippen molar-refractivity contribution < 1.29 is 14.3 Å². The molecule has 1 saturated heterocycles. The maximum atomic E-state index is 13.5. The lowest BCUT2D eigenvalue weighted by Crippen LogP contribution is -2.54. The topological polar surface area (TPSA) is 58.6 Å². The maximum absolute atomic E-state index is 13.5. The van der Waals surface area contributed by atoms with Crippen molar-refractivity contribution in [3.05, 3.63) is 71.3 Å². The average Bonchev–Trinajstić information content (AvgIpc) is 3.16. The minimum Gasteiger partial charge on any atom is -0.444 e. The molecule has 1 N–H and O–H groups in total. The summed E-state index contributed by atoms with van der Waals surface area (Å²) in [6.07, 6.45) is 3.71. The second-order valence-electron chi connectivity index (χ2n) is 10.5. The third-order valence-electron chi connectivity index (χ3n) is 6.88. The lowest BCUT2D eigenvalue weighted by molar-refractivity contribution is -0.134. The monoisotopic (exact) mass is 480 g/mol. The van der Waals surface area contributed by atoms with Crippen LogP contribution in [0, 0.1) is 0 Å². The molecule has 0 bridgehead atoms. The van der Waals surface area contributed by atoms with Gasteiger partial charge >= 0.3 is 6.09 Å². The fraction of sp³-hybridized carbons (Fsp3) is 0.500. The summed E-state index contributed by atoms with van der Waals surface area (Å²) in [7, 11) is 0. The van der Waals surface area contributed by atoms with E-state index in [0.717, 1.165) is 38.1 Å². The van der Waals surface area contributed by atoms with E-state index in [1.807, 2.05) is 43.9 Å². The van der Waals surface area contributed by atoms with Crippen LogP contribution in [0.5, 0.6) is 0 Å². The molecule has 4 rings (SSSR count). The Morgan fingerprint density at radius 2 is 1.71 bits per heavy atom. The van der Waals surface area contributed by atoms with Crippen LogP contribution in [0.4, 0.5) is 4.79 Å². The van der Waals surface area contributed by atoms with Gasteiger partial charge < -0.3 is 15.0 Å². The van der Waals surface area contributed by atoms with Crippen LogP contribution in [0.1, 0.15) is 56.7 Å². The van der Waals surface area contributed by atoms with Crippen molar-refractivity contribution in [1.29, 1.82) is 0 Å². The summed E-state index contributed by atoms with van der Waals surface area (Å²) in [4.78, 5) is 28.0. The molecule has 1 aliphatic heterocycles. The van der Waals surface area contributed by atoms with Crippen LogP contribution >= 0.6 is 11.8 Å². The summed E-state index contributed by atoms with van der Waals surface area (Å²) in [6.45, 7) is 6.94. The van der Waals surface area contributed by atoms with E-state index in [0.29, 0.717) is 5.75 Å². The number of rotatable bonds is 6. The molecule has 0 aromatic heterocycles. The zero-order chi connectivity index (χ0) is 24.2. The first-order chi connectivity index (χ1) is 16.3. The molecule has 2 aromatic rings. The highest BCUT2D eigenvalue weighted by atomic mass is 32.2. The molecule has 2 amide bonds. The van der Waals surface area contributed by atoms with Gasteiger partial charge in [-0.05, 0) is 68.6 Å². The van der Waals surface area contributed by atoms with Crippen molar-refractivity contribution in [1.82, 2.24) is 10.2 Å². The highest BCUT2D eigenvalue weighted by Gasteiger charge is 2.42. The number of likely N-dealkylation sites (tertiary alicyclic amines) is 1. The van der Waals surface area contributed by atoms with Crippen LogP contribution < -0.4 is 5.32 Å². The molecule has 1 heterocycles. The highest BCUT2D eigenvalue weighted by Crippen LogP contribution is 2.46. The lowest BCUT2D eigenvalue weighted by Gasteiger charge is -2.41. The van der Waals surface area contributed by atoms with Crippen LogP contribution in [-0.2, 0) is 27.1 Å². The molecule has 5 nitrogen and oxygen atoms in total. The fourth-order valence-electron chi connectivity index (χ4n) is 5.15. The molecule has 1 fully saturated rings. The molecule has 2 aromatic carbocycles. The van der Waals surface area contributed by atoms with Crippen LogP contribution in [-0.4, -0.2) is 47.4 Å². The molecule has 1 spiro atoms. The minimum absolute atomic E-state index is 0.00690. The molecule has 34 heavy (non-hydrogen) atoms. The number of ether oxygens (including phenoxy) is 1. The number of nitrogens with zero attached hydrogens (tertiary/aromatic N) is 1. The molecule has 182 valence electrons. The Kier molecular flexibility index (Phi) is 7.56. The summed E-state index contributed by atoms with van der Waals surface area (Å²) in [5.41, 5.74) is 3.73. The number of fused-ring (bicyclic) bond motifs is 2. The fourth-order valence-corrected chi connectivity index (χ4v) is 6.16. The number of piperidine rings is 1. The predicted octanol–water partition coefficient (Wildman–Crippen LogP) is 5.32. The number of hydrogen-bond acceptors (Lipinski definition) is 4. The predicted molar refractivity (Wildman–Crippen MR) is 138 cm³/mol. The SMILES string of the molecule is CC(C)(C)OC(=O)N[C@H](CSCc1ccccc1)C(=O)N1CCC2(CCc3ccccc32)CC1. The summed E-state index contributed by atoms with van der Waals surface area (Å²) in [5, 5.41) is 2.86. The first-order valence-electron chi connectivity index (χ1n) is 12.2. The largest absolute Gasteiger partial charge is 0.444 e. The lowest BCUT2D eigenvalue weighted by atomic mass is 9.74. The van der Waals surface area contributed by atoms with Gasteiger partial charge in [0, 0.05) is 24.6 Å². The van der Waals surface area contributed by atoms with Crippen LogP contribution in [0.2, 0.25) is 0 Å². The van der Waals surface area contributed by atoms with Gasteiger partial charge in [0.25, 0.3) is 0 Å². The van der Waals surface area contributed by atoms with Crippen molar-refractivity contribution in [3.63, 3.8) is 0 Å². The van der Waals surface area contributed by atoms with Crippen LogP contribution in [0.3, 0.4) is 0 Å². The van der Waals surface area contributed by atoms with Crippen LogP contribution in [0.25, 0.3) is 0 Å². The Morgan fingerprint density at radius 3 is 2.41 bits per heavy atom. The molecule has 1 aliphatic carbocycles. The zero-order valence-electron chi connectivity index (χ0n) is 20.5. The van der Waals surface area contributed by atoms with E-state index in [4.69, 9.17) is 4.74 Å². The van der Waals surface area contributed by atoms with Gasteiger partial charge in [-0.15, -0.1) is 0 Å². The van der Waals surface area contributed by atoms with E-state index in [-0.39, 0.29) is 11.3 Å². The Balaban J connectivity index is 1.39. The third-order valence-corrected chi connectivity index (χ3v) is 7.99. The molecule has 1 atom stereocenters. The zero-order valence-corrected chi connectivity index (χ0v) is 21.3. The quantitative estimate of drug-likeness (QED) is 0.608. The van der Waals surface area contributed by atoms with Crippen molar-refractivity contribution >= 4 is 23.8 Å². The van der Waals surface area contributed by atoms with Gasteiger partial charge in [0.1, 0.15) is 11.6 Å². The number of thioether (sulfide) groups is 1. The number of nitrogens with one attached hydrogen (secondary N) is 1. The van der Waals surface area contributed by atoms with Gasteiger partial charge in [-0.2, -0.15) is 11.8 Å². The Hall–Kier alpha value is -2.47. The maximum Gasteiger partial charge on any atom is 0.408 e. The molecular formula is C28H36N2O3S. The average molecular weight is 481 g/mol. The smallest absolute Gasteiger partial charge is 0.408 e. The van der Waals surface area contributed by atoms with Gasteiger partial charge in [0.15, 0.2) is 0 Å².